The Labute approximate surface area is 180 Å². The maximum Gasteiger partial charge on any atom is 0.243 e. The average Bonchev–Trinajstić information content (AvgIpc) is 2.90. The van der Waals surface area contributed by atoms with Crippen molar-refractivity contribution in [2.45, 2.75) is 66.3 Å². The lowest BCUT2D eigenvalue weighted by Crippen LogP contribution is -2.31. The van der Waals surface area contributed by atoms with Gasteiger partial charge in [0.25, 0.3) is 0 Å². The van der Waals surface area contributed by atoms with Gasteiger partial charge >= 0.3 is 0 Å². The van der Waals surface area contributed by atoms with E-state index in [1.54, 1.807) is 25.1 Å². The molecule has 0 radical (unpaired) electrons. The first-order valence-corrected chi connectivity index (χ1v) is 11.9. The number of hydrogen-bond donors (Lipinski definition) is 1. The van der Waals surface area contributed by atoms with Gasteiger partial charge in [0.05, 0.1) is 17.0 Å². The summed E-state index contributed by atoms with van der Waals surface area (Å²) in [6.07, 6.45) is 0.196. The molecular weight excluding hydrogens is 400 g/mol. The molecule has 0 spiro atoms. The van der Waals surface area contributed by atoms with Crippen molar-refractivity contribution < 1.29 is 13.2 Å². The second-order valence-corrected chi connectivity index (χ2v) is 9.93. The molecule has 2 rings (SSSR count). The van der Waals surface area contributed by atoms with E-state index in [0.717, 1.165) is 23.5 Å². The number of benzene rings is 1. The van der Waals surface area contributed by atoms with Gasteiger partial charge in [-0.15, -0.1) is 0 Å². The van der Waals surface area contributed by atoms with Crippen LogP contribution < -0.4 is 5.32 Å². The van der Waals surface area contributed by atoms with E-state index in [0.29, 0.717) is 30.3 Å². The number of aromatic nitrogens is 2. The molecule has 166 valence electrons. The van der Waals surface area contributed by atoms with E-state index in [2.05, 4.69) is 24.3 Å². The van der Waals surface area contributed by atoms with Crippen LogP contribution in [-0.2, 0) is 27.8 Å². The minimum absolute atomic E-state index is 0.194. The number of nitrogens with one attached hydrogen (secondary N) is 1. The number of amides is 1. The SMILES string of the molecule is CCN(CC)S(=O)(=O)c1cc(NC(=O)Cc2c(C)nn(CC(C)C)c2C)ccc1C. The zero-order valence-corrected chi connectivity index (χ0v) is 19.9. The molecule has 1 aromatic carbocycles. The van der Waals surface area contributed by atoms with Gasteiger partial charge in [0.15, 0.2) is 0 Å². The van der Waals surface area contributed by atoms with Gasteiger partial charge in [0.1, 0.15) is 0 Å². The Morgan fingerprint density at radius 2 is 1.80 bits per heavy atom. The predicted octanol–water partition coefficient (Wildman–Crippen LogP) is 3.68. The molecular formula is C22H34N4O3S. The molecule has 0 bridgehead atoms. The monoisotopic (exact) mass is 434 g/mol. The van der Waals surface area contributed by atoms with E-state index in [9.17, 15) is 13.2 Å². The Morgan fingerprint density at radius 3 is 2.37 bits per heavy atom. The zero-order chi connectivity index (χ0) is 22.6. The molecule has 1 N–H and O–H groups in total. The molecule has 30 heavy (non-hydrogen) atoms. The number of anilines is 1. The Morgan fingerprint density at radius 1 is 1.17 bits per heavy atom. The fraction of sp³-hybridized carbons (Fsp3) is 0.545. The summed E-state index contributed by atoms with van der Waals surface area (Å²) < 4.78 is 29.2. The fourth-order valence-corrected chi connectivity index (χ4v) is 5.25. The van der Waals surface area contributed by atoms with Gasteiger partial charge in [-0.05, 0) is 44.4 Å². The van der Waals surface area contributed by atoms with Crippen LogP contribution in [0.2, 0.25) is 0 Å². The van der Waals surface area contributed by atoms with E-state index in [4.69, 9.17) is 0 Å². The lowest BCUT2D eigenvalue weighted by Gasteiger charge is -2.20. The molecule has 0 unspecified atom stereocenters. The van der Waals surface area contributed by atoms with Crippen LogP contribution in [0.15, 0.2) is 23.1 Å². The van der Waals surface area contributed by atoms with Crippen LogP contribution in [0.25, 0.3) is 0 Å². The predicted molar refractivity (Wildman–Crippen MR) is 120 cm³/mol. The molecule has 0 aliphatic rings. The molecule has 2 aromatic rings. The number of hydrogen-bond acceptors (Lipinski definition) is 4. The smallest absolute Gasteiger partial charge is 0.243 e. The lowest BCUT2D eigenvalue weighted by atomic mass is 10.1. The summed E-state index contributed by atoms with van der Waals surface area (Å²) in [6.45, 7) is 15.1. The fourth-order valence-electron chi connectivity index (χ4n) is 3.54. The van der Waals surface area contributed by atoms with Crippen LogP contribution in [0.4, 0.5) is 5.69 Å². The molecule has 0 atom stereocenters. The van der Waals surface area contributed by atoms with Crippen molar-refractivity contribution in [1.82, 2.24) is 14.1 Å². The summed E-state index contributed by atoms with van der Waals surface area (Å²) in [5.74, 6) is 0.267. The Balaban J connectivity index is 2.24. The molecule has 7 nitrogen and oxygen atoms in total. The maximum atomic E-state index is 12.9. The van der Waals surface area contributed by atoms with Gasteiger partial charge in [0.2, 0.25) is 15.9 Å². The average molecular weight is 435 g/mol. The quantitative estimate of drug-likeness (QED) is 0.652. The largest absolute Gasteiger partial charge is 0.326 e. The molecule has 1 amide bonds. The summed E-state index contributed by atoms with van der Waals surface area (Å²) in [4.78, 5) is 12.9. The molecule has 1 heterocycles. The van der Waals surface area contributed by atoms with E-state index < -0.39 is 10.0 Å². The summed E-state index contributed by atoms with van der Waals surface area (Å²) >= 11 is 0. The number of rotatable bonds is 9. The molecule has 0 fully saturated rings. The normalized spacial score (nSPS) is 12.0. The van der Waals surface area contributed by atoms with Crippen molar-refractivity contribution in [3.8, 4) is 0 Å². The summed E-state index contributed by atoms with van der Waals surface area (Å²) in [7, 11) is -3.60. The molecule has 0 saturated heterocycles. The first-order valence-electron chi connectivity index (χ1n) is 10.4. The highest BCUT2D eigenvalue weighted by atomic mass is 32.2. The molecule has 8 heteroatoms. The Kier molecular flexibility index (Phi) is 7.82. The lowest BCUT2D eigenvalue weighted by molar-refractivity contribution is -0.115. The minimum Gasteiger partial charge on any atom is -0.326 e. The number of carbonyl (C=O) groups is 1. The van der Waals surface area contributed by atoms with Crippen LogP contribution in [0.3, 0.4) is 0 Å². The van der Waals surface area contributed by atoms with E-state index in [-0.39, 0.29) is 17.2 Å². The van der Waals surface area contributed by atoms with Gasteiger partial charge in [-0.25, -0.2) is 8.42 Å². The van der Waals surface area contributed by atoms with Crippen molar-refractivity contribution in [1.29, 1.82) is 0 Å². The number of sulfonamides is 1. The third kappa shape index (κ3) is 5.29. The van der Waals surface area contributed by atoms with Gasteiger partial charge < -0.3 is 5.32 Å². The highest BCUT2D eigenvalue weighted by molar-refractivity contribution is 7.89. The van der Waals surface area contributed by atoms with Gasteiger partial charge in [-0.1, -0.05) is 33.8 Å². The van der Waals surface area contributed by atoms with Crippen molar-refractivity contribution in [2.24, 2.45) is 5.92 Å². The Bertz CT molecular complexity index is 1010. The number of aryl methyl sites for hydroxylation is 2. The van der Waals surface area contributed by atoms with Crippen LogP contribution in [-0.4, -0.2) is 41.5 Å². The van der Waals surface area contributed by atoms with Crippen LogP contribution in [0.1, 0.15) is 50.2 Å². The summed E-state index contributed by atoms with van der Waals surface area (Å²) in [6, 6.07) is 5.00. The van der Waals surface area contributed by atoms with Crippen molar-refractivity contribution in [3.05, 3.63) is 40.7 Å². The van der Waals surface area contributed by atoms with Crippen LogP contribution in [0, 0.1) is 26.7 Å². The molecule has 0 aliphatic carbocycles. The third-order valence-corrected chi connectivity index (χ3v) is 7.39. The second-order valence-electron chi connectivity index (χ2n) is 8.02. The van der Waals surface area contributed by atoms with E-state index in [1.807, 2.05) is 32.4 Å². The minimum atomic E-state index is -3.60. The van der Waals surface area contributed by atoms with Crippen LogP contribution in [0.5, 0.6) is 0 Å². The van der Waals surface area contributed by atoms with E-state index >= 15 is 0 Å². The topological polar surface area (TPSA) is 84.3 Å². The van der Waals surface area contributed by atoms with Crippen molar-refractivity contribution in [2.75, 3.05) is 18.4 Å². The summed E-state index contributed by atoms with van der Waals surface area (Å²) in [5, 5.41) is 7.41. The second kappa shape index (κ2) is 9.75. The highest BCUT2D eigenvalue weighted by Crippen LogP contribution is 2.24. The first-order chi connectivity index (χ1) is 14.0. The molecule has 1 aromatic heterocycles. The first kappa shape index (κ1) is 24.1. The number of nitrogens with zero attached hydrogens (tertiary/aromatic N) is 3. The van der Waals surface area contributed by atoms with E-state index in [1.165, 1.54) is 4.31 Å². The third-order valence-electron chi connectivity index (χ3n) is 5.20. The molecule has 0 saturated carbocycles. The summed E-state index contributed by atoms with van der Waals surface area (Å²) in [5.41, 5.74) is 3.88. The zero-order valence-electron chi connectivity index (χ0n) is 19.1. The van der Waals surface area contributed by atoms with Crippen molar-refractivity contribution >= 4 is 21.6 Å². The van der Waals surface area contributed by atoms with Gasteiger partial charge in [-0.2, -0.15) is 9.40 Å². The number of carbonyl (C=O) groups excluding carboxylic acids is 1. The standard InChI is InChI=1S/C22H34N4O3S/c1-8-25(9-2)30(28,29)21-12-19(11-10-16(21)5)23-22(27)13-20-17(6)24-26(18(20)7)14-15(3)4/h10-12,15H,8-9,13-14H2,1-7H3,(H,23,27). The molecule has 0 aliphatic heterocycles. The Hall–Kier alpha value is -2.19. The van der Waals surface area contributed by atoms with Crippen molar-refractivity contribution in [3.63, 3.8) is 0 Å². The van der Waals surface area contributed by atoms with Crippen LogP contribution >= 0.6 is 0 Å². The van der Waals surface area contributed by atoms with Gasteiger partial charge in [-0.3, -0.25) is 9.48 Å². The van der Waals surface area contributed by atoms with Gasteiger partial charge in [0, 0.05) is 36.6 Å². The highest BCUT2D eigenvalue weighted by Gasteiger charge is 2.24. The maximum absolute atomic E-state index is 12.9.